The van der Waals surface area contributed by atoms with Crippen molar-refractivity contribution < 1.29 is 9.57 Å². The largest absolute Gasteiger partial charge is 0.386 e. The Morgan fingerprint density at radius 1 is 1.31 bits per heavy atom. The fourth-order valence-electron chi connectivity index (χ4n) is 1.81. The highest BCUT2D eigenvalue weighted by molar-refractivity contribution is 9.10. The second-order valence-electron chi connectivity index (χ2n) is 4.29. The van der Waals surface area contributed by atoms with Gasteiger partial charge in [-0.25, -0.2) is 0 Å². The number of rotatable bonds is 2. The molecule has 0 radical (unpaired) electrons. The van der Waals surface area contributed by atoms with Gasteiger partial charge in [-0.05, 0) is 26.0 Å². The van der Waals surface area contributed by atoms with E-state index in [2.05, 4.69) is 21.1 Å². The molecule has 0 amide bonds. The molecule has 1 aliphatic heterocycles. The molecule has 1 aromatic rings. The number of hydrogen-bond donors (Lipinski definition) is 0. The molecule has 1 atom stereocenters. The van der Waals surface area contributed by atoms with E-state index >= 15 is 0 Å². The summed E-state index contributed by atoms with van der Waals surface area (Å²) in [5.41, 5.74) is 1.47. The zero-order valence-corrected chi connectivity index (χ0v) is 11.1. The number of halogens is 1. The third-order valence-electron chi connectivity index (χ3n) is 2.63. The van der Waals surface area contributed by atoms with E-state index in [0.717, 1.165) is 15.7 Å². The molecule has 0 N–H and O–H groups in total. The number of methoxy groups -OCH3 is 1. The van der Waals surface area contributed by atoms with Crippen LogP contribution in [0.2, 0.25) is 0 Å². The lowest BCUT2D eigenvalue weighted by atomic mass is 9.94. The predicted octanol–water partition coefficient (Wildman–Crippen LogP) is 2.98. The minimum absolute atomic E-state index is 0.131. The molecule has 1 aromatic carbocycles. The first-order valence-corrected chi connectivity index (χ1v) is 5.88. The van der Waals surface area contributed by atoms with Gasteiger partial charge in [-0.1, -0.05) is 33.2 Å². The van der Waals surface area contributed by atoms with Gasteiger partial charge in [0.05, 0.1) is 0 Å². The van der Waals surface area contributed by atoms with Crippen molar-refractivity contribution in [2.24, 2.45) is 5.16 Å². The van der Waals surface area contributed by atoms with Crippen LogP contribution >= 0.6 is 15.9 Å². The summed E-state index contributed by atoms with van der Waals surface area (Å²) in [6.07, 6.45) is -0.131. The molecule has 0 spiro atoms. The molecule has 0 saturated heterocycles. The average molecular weight is 284 g/mol. The quantitative estimate of drug-likeness (QED) is 0.836. The van der Waals surface area contributed by atoms with Gasteiger partial charge >= 0.3 is 0 Å². The maximum Gasteiger partial charge on any atom is 0.163 e. The Bertz CT molecular complexity index is 412. The number of oxime groups is 1. The number of ether oxygens (including phenoxy) is 1. The molecular formula is C12H14BrNO2. The van der Waals surface area contributed by atoms with E-state index in [4.69, 9.17) is 9.57 Å². The van der Waals surface area contributed by atoms with Crippen molar-refractivity contribution in [3.8, 4) is 0 Å². The second-order valence-corrected chi connectivity index (χ2v) is 5.21. The van der Waals surface area contributed by atoms with Gasteiger partial charge in [0.2, 0.25) is 0 Å². The molecule has 0 aliphatic carbocycles. The summed E-state index contributed by atoms with van der Waals surface area (Å²) >= 11 is 3.41. The monoisotopic (exact) mass is 283 g/mol. The molecule has 0 aromatic heterocycles. The minimum atomic E-state index is -0.406. The summed E-state index contributed by atoms with van der Waals surface area (Å²) in [5, 5.41) is 4.12. The van der Waals surface area contributed by atoms with Crippen LogP contribution in [0.4, 0.5) is 0 Å². The van der Waals surface area contributed by atoms with Gasteiger partial charge in [0.1, 0.15) is 11.8 Å². The lowest BCUT2D eigenvalue weighted by Crippen LogP contribution is -2.39. The highest BCUT2D eigenvalue weighted by atomic mass is 79.9. The van der Waals surface area contributed by atoms with Crippen LogP contribution in [0.5, 0.6) is 0 Å². The van der Waals surface area contributed by atoms with Crippen LogP contribution in [0.25, 0.3) is 0 Å². The molecule has 16 heavy (non-hydrogen) atoms. The van der Waals surface area contributed by atoms with Gasteiger partial charge in [-0.15, -0.1) is 0 Å². The molecule has 3 nitrogen and oxygen atoms in total. The van der Waals surface area contributed by atoms with Crippen LogP contribution in [0.1, 0.15) is 19.4 Å². The Kier molecular flexibility index (Phi) is 3.04. The molecule has 4 heteroatoms. The number of nitrogens with zero attached hydrogens (tertiary/aromatic N) is 1. The van der Waals surface area contributed by atoms with E-state index < -0.39 is 5.60 Å². The van der Waals surface area contributed by atoms with Gasteiger partial charge in [-0.3, -0.25) is 0 Å². The van der Waals surface area contributed by atoms with Crippen molar-refractivity contribution in [1.82, 2.24) is 0 Å². The Hall–Kier alpha value is -0.870. The Morgan fingerprint density at radius 2 is 1.94 bits per heavy atom. The Balaban J connectivity index is 2.32. The van der Waals surface area contributed by atoms with E-state index in [9.17, 15) is 0 Å². The SMILES string of the molecule is COC1C(c2ccc(Br)cc2)=NOC1(C)C. The summed E-state index contributed by atoms with van der Waals surface area (Å²) < 4.78 is 6.50. The van der Waals surface area contributed by atoms with Crippen molar-refractivity contribution in [2.75, 3.05) is 7.11 Å². The number of hydrogen-bond acceptors (Lipinski definition) is 3. The normalized spacial score (nSPS) is 22.8. The topological polar surface area (TPSA) is 30.8 Å². The van der Waals surface area contributed by atoms with E-state index in [-0.39, 0.29) is 6.10 Å². The summed E-state index contributed by atoms with van der Waals surface area (Å²) in [7, 11) is 1.68. The van der Waals surface area contributed by atoms with E-state index in [1.54, 1.807) is 7.11 Å². The lowest BCUT2D eigenvalue weighted by molar-refractivity contribution is -0.0614. The van der Waals surface area contributed by atoms with Gasteiger partial charge in [0.25, 0.3) is 0 Å². The smallest absolute Gasteiger partial charge is 0.163 e. The molecule has 1 heterocycles. The lowest BCUT2D eigenvalue weighted by Gasteiger charge is -2.23. The van der Waals surface area contributed by atoms with Crippen molar-refractivity contribution in [1.29, 1.82) is 0 Å². The highest BCUT2D eigenvalue weighted by Gasteiger charge is 2.42. The van der Waals surface area contributed by atoms with E-state index in [1.165, 1.54) is 0 Å². The van der Waals surface area contributed by atoms with Crippen LogP contribution in [0.15, 0.2) is 33.9 Å². The molecule has 0 fully saturated rings. The van der Waals surface area contributed by atoms with Crippen LogP contribution < -0.4 is 0 Å². The second kappa shape index (κ2) is 4.18. The summed E-state index contributed by atoms with van der Waals surface area (Å²) in [4.78, 5) is 5.39. The summed E-state index contributed by atoms with van der Waals surface area (Å²) in [6.45, 7) is 3.94. The summed E-state index contributed by atoms with van der Waals surface area (Å²) in [5.74, 6) is 0. The standard InChI is InChI=1S/C12H14BrNO2/c1-12(2)11(15-3)10(14-16-12)8-4-6-9(13)7-5-8/h4-7,11H,1-3H3. The van der Waals surface area contributed by atoms with Crippen LogP contribution in [-0.2, 0) is 9.57 Å². The van der Waals surface area contributed by atoms with E-state index in [1.807, 2.05) is 38.1 Å². The molecule has 2 rings (SSSR count). The zero-order valence-electron chi connectivity index (χ0n) is 9.53. The van der Waals surface area contributed by atoms with Crippen molar-refractivity contribution in [3.05, 3.63) is 34.3 Å². The highest BCUT2D eigenvalue weighted by Crippen LogP contribution is 2.28. The molecule has 0 saturated carbocycles. The Labute approximate surface area is 104 Å². The molecule has 86 valence electrons. The van der Waals surface area contributed by atoms with E-state index in [0.29, 0.717) is 0 Å². The zero-order chi connectivity index (χ0) is 11.8. The third-order valence-corrected chi connectivity index (χ3v) is 3.16. The van der Waals surface area contributed by atoms with Gasteiger partial charge in [-0.2, -0.15) is 0 Å². The fraction of sp³-hybridized carbons (Fsp3) is 0.417. The van der Waals surface area contributed by atoms with Crippen LogP contribution in [-0.4, -0.2) is 24.5 Å². The third kappa shape index (κ3) is 1.99. The fourth-order valence-corrected chi connectivity index (χ4v) is 2.08. The number of benzene rings is 1. The average Bonchev–Trinajstić information content (AvgIpc) is 2.54. The van der Waals surface area contributed by atoms with Crippen molar-refractivity contribution >= 4 is 21.6 Å². The molecule has 1 aliphatic rings. The molecule has 1 unspecified atom stereocenters. The molecule has 0 bridgehead atoms. The first-order valence-electron chi connectivity index (χ1n) is 5.09. The first-order chi connectivity index (χ1) is 7.54. The van der Waals surface area contributed by atoms with Crippen molar-refractivity contribution in [3.63, 3.8) is 0 Å². The predicted molar refractivity (Wildman–Crippen MR) is 66.6 cm³/mol. The molecular weight excluding hydrogens is 270 g/mol. The van der Waals surface area contributed by atoms with Crippen LogP contribution in [0.3, 0.4) is 0 Å². The van der Waals surface area contributed by atoms with Crippen LogP contribution in [0, 0.1) is 0 Å². The summed E-state index contributed by atoms with van der Waals surface area (Å²) in [6, 6.07) is 7.96. The maximum atomic E-state index is 5.46. The maximum absolute atomic E-state index is 5.46. The Morgan fingerprint density at radius 3 is 2.50 bits per heavy atom. The van der Waals surface area contributed by atoms with Crippen molar-refractivity contribution in [2.45, 2.75) is 25.6 Å². The van der Waals surface area contributed by atoms with Gasteiger partial charge < -0.3 is 9.57 Å². The first kappa shape index (κ1) is 11.6. The van der Waals surface area contributed by atoms with Gasteiger partial charge in [0.15, 0.2) is 5.60 Å². The minimum Gasteiger partial charge on any atom is -0.386 e. The van der Waals surface area contributed by atoms with Gasteiger partial charge in [0, 0.05) is 17.1 Å².